The molecule has 2 N–H and O–H groups in total. The van der Waals surface area contributed by atoms with Gasteiger partial charge in [-0.15, -0.1) is 0 Å². The fourth-order valence-electron chi connectivity index (χ4n) is 2.43. The number of aromatic nitrogens is 1. The highest BCUT2D eigenvalue weighted by atomic mass is 16.1. The summed E-state index contributed by atoms with van der Waals surface area (Å²) < 4.78 is 0. The lowest BCUT2D eigenvalue weighted by molar-refractivity contribution is -0.116. The van der Waals surface area contributed by atoms with Crippen molar-refractivity contribution in [2.24, 2.45) is 0 Å². The summed E-state index contributed by atoms with van der Waals surface area (Å²) >= 11 is 0. The van der Waals surface area contributed by atoms with Gasteiger partial charge < -0.3 is 10.3 Å². The van der Waals surface area contributed by atoms with E-state index in [2.05, 4.69) is 31.1 Å². The van der Waals surface area contributed by atoms with Gasteiger partial charge in [-0.1, -0.05) is 13.8 Å². The lowest BCUT2D eigenvalue weighted by atomic mass is 10.1. The van der Waals surface area contributed by atoms with Crippen LogP contribution in [0, 0.1) is 6.92 Å². The van der Waals surface area contributed by atoms with Crippen LogP contribution in [0.1, 0.15) is 44.0 Å². The first kappa shape index (κ1) is 12.7. The largest absolute Gasteiger partial charge is 0.361 e. The number of hydrogen-bond acceptors (Lipinski definition) is 1. The van der Waals surface area contributed by atoms with Crippen LogP contribution in [0.4, 0.5) is 0 Å². The van der Waals surface area contributed by atoms with Crippen molar-refractivity contribution in [2.75, 3.05) is 0 Å². The third-order valence-electron chi connectivity index (χ3n) is 3.68. The Kier molecular flexibility index (Phi) is 3.41. The molecule has 1 aliphatic rings. The van der Waals surface area contributed by atoms with Crippen molar-refractivity contribution >= 4 is 12.0 Å². The molecule has 18 heavy (non-hydrogen) atoms. The number of carbonyl (C=O) groups is 1. The smallest absolute Gasteiger partial charge is 0.251 e. The van der Waals surface area contributed by atoms with Crippen LogP contribution in [0.2, 0.25) is 0 Å². The zero-order chi connectivity index (χ0) is 13.3. The van der Waals surface area contributed by atoms with Crippen LogP contribution >= 0.6 is 0 Å². The Labute approximate surface area is 108 Å². The van der Waals surface area contributed by atoms with E-state index in [9.17, 15) is 4.79 Å². The molecule has 1 aliphatic heterocycles. The van der Waals surface area contributed by atoms with Crippen LogP contribution in [0.15, 0.2) is 23.0 Å². The van der Waals surface area contributed by atoms with E-state index in [0.717, 1.165) is 35.4 Å². The van der Waals surface area contributed by atoms with Gasteiger partial charge in [0.05, 0.1) is 0 Å². The van der Waals surface area contributed by atoms with Gasteiger partial charge in [0.25, 0.3) is 5.91 Å². The minimum Gasteiger partial charge on any atom is -0.361 e. The average molecular weight is 244 g/mol. The summed E-state index contributed by atoms with van der Waals surface area (Å²) in [6.07, 6.45) is 5.98. The standard InChI is InChI=1S/C15H20N2O/c1-5-11-8-16-13(9(11)3)7-14-12(6-2)10(4)15(18)17-14/h7-8,16H,5-6H2,1-4H3,(H,17,18)/b14-7-. The predicted octanol–water partition coefficient (Wildman–Crippen LogP) is 3.08. The maximum absolute atomic E-state index is 11.7. The van der Waals surface area contributed by atoms with E-state index in [1.807, 2.05) is 19.2 Å². The first-order valence-electron chi connectivity index (χ1n) is 6.48. The Morgan fingerprint density at radius 3 is 2.50 bits per heavy atom. The Morgan fingerprint density at radius 1 is 1.22 bits per heavy atom. The Morgan fingerprint density at radius 2 is 1.94 bits per heavy atom. The quantitative estimate of drug-likeness (QED) is 0.843. The van der Waals surface area contributed by atoms with E-state index in [1.165, 1.54) is 11.1 Å². The highest BCUT2D eigenvalue weighted by Gasteiger charge is 2.22. The van der Waals surface area contributed by atoms with Crippen LogP contribution in [-0.4, -0.2) is 10.9 Å². The number of aromatic amines is 1. The van der Waals surface area contributed by atoms with Crippen molar-refractivity contribution in [3.8, 4) is 0 Å². The van der Waals surface area contributed by atoms with Gasteiger partial charge >= 0.3 is 0 Å². The molecule has 2 heterocycles. The molecule has 0 aliphatic carbocycles. The van der Waals surface area contributed by atoms with Crippen LogP contribution in [-0.2, 0) is 11.2 Å². The SMILES string of the molecule is CCC1=C(C)C(=O)N/C1=C\c1[nH]cc(CC)c1C. The number of H-pyrrole nitrogens is 1. The fraction of sp³-hybridized carbons (Fsp3) is 0.400. The highest BCUT2D eigenvalue weighted by Crippen LogP contribution is 2.26. The molecule has 3 heteroatoms. The molecule has 0 unspecified atom stereocenters. The third kappa shape index (κ3) is 2.01. The summed E-state index contributed by atoms with van der Waals surface area (Å²) in [6, 6.07) is 0. The minimum absolute atomic E-state index is 0.0259. The zero-order valence-corrected chi connectivity index (χ0v) is 11.5. The first-order chi connectivity index (χ1) is 8.58. The van der Waals surface area contributed by atoms with Gasteiger partial charge in [-0.25, -0.2) is 0 Å². The molecule has 3 nitrogen and oxygen atoms in total. The van der Waals surface area contributed by atoms with Crippen LogP contribution in [0.5, 0.6) is 0 Å². The van der Waals surface area contributed by atoms with Crippen molar-refractivity contribution in [3.05, 3.63) is 39.9 Å². The summed E-state index contributed by atoms with van der Waals surface area (Å²) in [5.41, 5.74) is 6.57. The van der Waals surface area contributed by atoms with Gasteiger partial charge in [-0.3, -0.25) is 4.79 Å². The summed E-state index contributed by atoms with van der Waals surface area (Å²) in [6.45, 7) is 8.21. The summed E-state index contributed by atoms with van der Waals surface area (Å²) in [7, 11) is 0. The van der Waals surface area contributed by atoms with Gasteiger partial charge in [-0.05, 0) is 49.5 Å². The van der Waals surface area contributed by atoms with E-state index >= 15 is 0 Å². The number of rotatable bonds is 3. The molecule has 2 rings (SSSR count). The Bertz CT molecular complexity index is 547. The molecule has 1 aromatic rings. The maximum atomic E-state index is 11.7. The molecular weight excluding hydrogens is 224 g/mol. The van der Waals surface area contributed by atoms with Crippen LogP contribution in [0.25, 0.3) is 6.08 Å². The summed E-state index contributed by atoms with van der Waals surface area (Å²) in [5.74, 6) is 0.0259. The van der Waals surface area contributed by atoms with Gasteiger partial charge in [0.15, 0.2) is 0 Å². The third-order valence-corrected chi connectivity index (χ3v) is 3.68. The number of nitrogens with one attached hydrogen (secondary N) is 2. The molecule has 1 amide bonds. The van der Waals surface area contributed by atoms with Gasteiger partial charge in [-0.2, -0.15) is 0 Å². The van der Waals surface area contributed by atoms with Crippen molar-refractivity contribution in [2.45, 2.75) is 40.5 Å². The van der Waals surface area contributed by atoms with Crippen molar-refractivity contribution < 1.29 is 4.79 Å². The first-order valence-corrected chi connectivity index (χ1v) is 6.48. The van der Waals surface area contributed by atoms with Gasteiger partial charge in [0.2, 0.25) is 0 Å². The van der Waals surface area contributed by atoms with Crippen LogP contribution in [0.3, 0.4) is 0 Å². The molecule has 0 aromatic carbocycles. The maximum Gasteiger partial charge on any atom is 0.251 e. The molecule has 0 spiro atoms. The normalized spacial score (nSPS) is 17.8. The molecule has 0 bridgehead atoms. The van der Waals surface area contributed by atoms with Gasteiger partial charge in [0.1, 0.15) is 0 Å². The van der Waals surface area contributed by atoms with Gasteiger partial charge in [0, 0.05) is 23.2 Å². The second kappa shape index (κ2) is 4.84. The molecule has 1 aromatic heterocycles. The number of aryl methyl sites for hydroxylation is 1. The molecular formula is C15H20N2O. The average Bonchev–Trinajstić information content (AvgIpc) is 2.83. The predicted molar refractivity (Wildman–Crippen MR) is 74.0 cm³/mol. The van der Waals surface area contributed by atoms with Crippen molar-refractivity contribution in [3.63, 3.8) is 0 Å². The minimum atomic E-state index is 0.0259. The second-order valence-corrected chi connectivity index (χ2v) is 4.68. The fourth-order valence-corrected chi connectivity index (χ4v) is 2.43. The summed E-state index contributed by atoms with van der Waals surface area (Å²) in [5, 5.41) is 2.94. The second-order valence-electron chi connectivity index (χ2n) is 4.68. The Balaban J connectivity index is 2.40. The highest BCUT2D eigenvalue weighted by molar-refractivity contribution is 6.00. The number of allylic oxidation sites excluding steroid dienone is 1. The number of hydrogen-bond donors (Lipinski definition) is 2. The zero-order valence-electron chi connectivity index (χ0n) is 11.5. The molecule has 0 saturated carbocycles. The topological polar surface area (TPSA) is 44.9 Å². The molecule has 96 valence electrons. The molecule has 0 atom stereocenters. The molecule has 0 radical (unpaired) electrons. The lowest BCUT2D eigenvalue weighted by Gasteiger charge is -2.03. The Hall–Kier alpha value is -1.77. The molecule has 0 saturated heterocycles. The van der Waals surface area contributed by atoms with Crippen molar-refractivity contribution in [1.82, 2.24) is 10.3 Å². The number of amides is 1. The number of carbonyl (C=O) groups excluding carboxylic acids is 1. The van der Waals surface area contributed by atoms with E-state index in [1.54, 1.807) is 0 Å². The monoisotopic (exact) mass is 244 g/mol. The molecule has 0 fully saturated rings. The van der Waals surface area contributed by atoms with E-state index in [4.69, 9.17) is 0 Å². The van der Waals surface area contributed by atoms with E-state index in [0.29, 0.717) is 0 Å². The van der Waals surface area contributed by atoms with E-state index in [-0.39, 0.29) is 5.91 Å². The lowest BCUT2D eigenvalue weighted by Crippen LogP contribution is -2.15. The van der Waals surface area contributed by atoms with Crippen molar-refractivity contribution in [1.29, 1.82) is 0 Å². The summed E-state index contributed by atoms with van der Waals surface area (Å²) in [4.78, 5) is 14.9. The van der Waals surface area contributed by atoms with Crippen LogP contribution < -0.4 is 5.32 Å². The van der Waals surface area contributed by atoms with E-state index < -0.39 is 0 Å².